The van der Waals surface area contributed by atoms with E-state index in [1.165, 1.54) is 6.07 Å². The van der Waals surface area contributed by atoms with E-state index in [-0.39, 0.29) is 17.5 Å². The van der Waals surface area contributed by atoms with E-state index in [4.69, 9.17) is 5.73 Å². The number of benzene rings is 1. The molecule has 1 aromatic heterocycles. The molecule has 6 heteroatoms. The Hall–Kier alpha value is -3.07. The molecule has 2 amide bonds. The molecule has 5 nitrogen and oxygen atoms in total. The topological polar surface area (TPSA) is 88.0 Å². The molecule has 1 heterocycles. The molecule has 1 aromatic carbocycles. The van der Waals surface area contributed by atoms with E-state index in [1.54, 1.807) is 6.92 Å². The fourth-order valence-electron chi connectivity index (χ4n) is 3.70. The number of amides is 2. The van der Waals surface area contributed by atoms with Crippen molar-refractivity contribution in [2.75, 3.05) is 0 Å². The zero-order valence-electron chi connectivity index (χ0n) is 15.6. The number of H-pyrrole nitrogens is 1. The van der Waals surface area contributed by atoms with Crippen LogP contribution in [0.4, 0.5) is 4.39 Å². The molecular formula is C21H22FN3O2. The summed E-state index contributed by atoms with van der Waals surface area (Å²) in [5.74, 6) is 3.56. The van der Waals surface area contributed by atoms with Crippen molar-refractivity contribution in [1.82, 2.24) is 10.3 Å². The third-order valence-electron chi connectivity index (χ3n) is 5.06. The van der Waals surface area contributed by atoms with Crippen LogP contribution in [0.5, 0.6) is 0 Å². The summed E-state index contributed by atoms with van der Waals surface area (Å²) in [5, 5.41) is 3.55. The van der Waals surface area contributed by atoms with Crippen LogP contribution in [-0.2, 0) is 4.79 Å². The van der Waals surface area contributed by atoms with Gasteiger partial charge in [-0.3, -0.25) is 9.59 Å². The lowest BCUT2D eigenvalue weighted by Crippen LogP contribution is -2.35. The lowest BCUT2D eigenvalue weighted by atomic mass is 9.86. The predicted molar refractivity (Wildman–Crippen MR) is 103 cm³/mol. The van der Waals surface area contributed by atoms with Crippen LogP contribution in [0.15, 0.2) is 12.1 Å². The van der Waals surface area contributed by atoms with E-state index in [0.29, 0.717) is 22.9 Å². The Bertz CT molecular complexity index is 1040. The van der Waals surface area contributed by atoms with E-state index >= 15 is 4.39 Å². The number of rotatable bonds is 3. The predicted octanol–water partition coefficient (Wildman–Crippen LogP) is 3.10. The molecule has 1 atom stereocenters. The molecule has 0 bridgehead atoms. The summed E-state index contributed by atoms with van der Waals surface area (Å²) in [6.07, 6.45) is 4.00. The fourth-order valence-corrected chi connectivity index (χ4v) is 3.70. The highest BCUT2D eigenvalue weighted by atomic mass is 19.1. The van der Waals surface area contributed by atoms with Gasteiger partial charge in [-0.15, -0.1) is 0 Å². The normalized spacial score (nSPS) is 16.4. The van der Waals surface area contributed by atoms with Crippen molar-refractivity contribution in [3.8, 4) is 11.8 Å². The van der Waals surface area contributed by atoms with Crippen LogP contribution in [0.2, 0.25) is 0 Å². The van der Waals surface area contributed by atoms with Crippen LogP contribution < -0.4 is 11.1 Å². The number of hydrogen-bond acceptors (Lipinski definition) is 2. The van der Waals surface area contributed by atoms with Crippen LogP contribution in [0.25, 0.3) is 16.5 Å². The first-order chi connectivity index (χ1) is 12.8. The number of fused-ring (bicyclic) bond motifs is 1. The first-order valence-electron chi connectivity index (χ1n) is 8.87. The SMILES string of the molecule is CC#CC(=O)N[C@H]1CCC=C(c2c(F)cc(C(N)=O)c3[nH]c(C)c(C)c23)C1. The number of aromatic nitrogens is 1. The van der Waals surface area contributed by atoms with Crippen LogP contribution in [0, 0.1) is 31.5 Å². The van der Waals surface area contributed by atoms with Crippen molar-refractivity contribution < 1.29 is 14.0 Å². The second kappa shape index (κ2) is 7.28. The highest BCUT2D eigenvalue weighted by molar-refractivity contribution is 6.09. The number of nitrogens with one attached hydrogen (secondary N) is 2. The molecule has 0 spiro atoms. The highest BCUT2D eigenvalue weighted by Gasteiger charge is 2.25. The number of aryl methyl sites for hydroxylation is 2. The Labute approximate surface area is 157 Å². The number of carbonyl (C=O) groups is 2. The molecule has 2 aromatic rings. The summed E-state index contributed by atoms with van der Waals surface area (Å²) < 4.78 is 15.1. The van der Waals surface area contributed by atoms with Crippen molar-refractivity contribution in [1.29, 1.82) is 0 Å². The third kappa shape index (κ3) is 3.45. The van der Waals surface area contributed by atoms with Crippen molar-refractivity contribution in [2.24, 2.45) is 5.73 Å². The molecule has 4 N–H and O–H groups in total. The van der Waals surface area contributed by atoms with Gasteiger partial charge in [-0.25, -0.2) is 4.39 Å². The van der Waals surface area contributed by atoms with E-state index in [2.05, 4.69) is 22.1 Å². The van der Waals surface area contributed by atoms with Gasteiger partial charge in [0.1, 0.15) is 5.82 Å². The summed E-state index contributed by atoms with van der Waals surface area (Å²) in [5.41, 5.74) is 9.16. The zero-order valence-corrected chi connectivity index (χ0v) is 15.6. The van der Waals surface area contributed by atoms with Crippen molar-refractivity contribution in [2.45, 2.75) is 46.1 Å². The second-order valence-electron chi connectivity index (χ2n) is 6.83. The first-order valence-corrected chi connectivity index (χ1v) is 8.87. The summed E-state index contributed by atoms with van der Waals surface area (Å²) >= 11 is 0. The van der Waals surface area contributed by atoms with E-state index in [1.807, 2.05) is 19.9 Å². The van der Waals surface area contributed by atoms with Crippen LogP contribution in [0.1, 0.15) is 53.4 Å². The average Bonchev–Trinajstić information content (AvgIpc) is 2.90. The molecular weight excluding hydrogens is 345 g/mol. The molecule has 1 aliphatic rings. The summed E-state index contributed by atoms with van der Waals surface area (Å²) in [7, 11) is 0. The Morgan fingerprint density at radius 1 is 1.37 bits per heavy atom. The van der Waals surface area contributed by atoms with Gasteiger partial charge < -0.3 is 16.0 Å². The number of nitrogens with two attached hydrogens (primary N) is 1. The minimum absolute atomic E-state index is 0.107. The van der Waals surface area contributed by atoms with Gasteiger partial charge in [0.25, 0.3) is 11.8 Å². The van der Waals surface area contributed by atoms with Gasteiger partial charge in [0.2, 0.25) is 0 Å². The molecule has 1 aliphatic carbocycles. The fraction of sp³-hybridized carbons (Fsp3) is 0.333. The van der Waals surface area contributed by atoms with Crippen molar-refractivity contribution >= 4 is 28.3 Å². The lowest BCUT2D eigenvalue weighted by Gasteiger charge is -2.24. The number of allylic oxidation sites excluding steroid dienone is 1. The molecule has 0 aliphatic heterocycles. The molecule has 0 saturated heterocycles. The number of hydrogen-bond donors (Lipinski definition) is 3. The van der Waals surface area contributed by atoms with Gasteiger partial charge in [-0.2, -0.15) is 0 Å². The Balaban J connectivity index is 2.09. The monoisotopic (exact) mass is 367 g/mol. The van der Waals surface area contributed by atoms with Gasteiger partial charge in [-0.05, 0) is 63.2 Å². The minimum atomic E-state index is -0.674. The Kier molecular flexibility index (Phi) is 5.04. The quantitative estimate of drug-likeness (QED) is 0.728. The van der Waals surface area contributed by atoms with Crippen molar-refractivity contribution in [3.63, 3.8) is 0 Å². The summed E-state index contributed by atoms with van der Waals surface area (Å²) in [4.78, 5) is 26.7. The molecule has 27 heavy (non-hydrogen) atoms. The van der Waals surface area contributed by atoms with Crippen LogP contribution >= 0.6 is 0 Å². The molecule has 0 radical (unpaired) electrons. The van der Waals surface area contributed by atoms with Crippen molar-refractivity contribution in [3.05, 3.63) is 40.3 Å². The Morgan fingerprint density at radius 3 is 2.78 bits per heavy atom. The van der Waals surface area contributed by atoms with Gasteiger partial charge in [0.05, 0.1) is 11.1 Å². The van der Waals surface area contributed by atoms with Gasteiger partial charge in [0, 0.05) is 22.7 Å². The Morgan fingerprint density at radius 2 is 2.11 bits per heavy atom. The van der Waals surface area contributed by atoms with Gasteiger partial charge in [0.15, 0.2) is 0 Å². The van der Waals surface area contributed by atoms with Gasteiger partial charge in [-0.1, -0.05) is 12.0 Å². The smallest absolute Gasteiger partial charge is 0.296 e. The lowest BCUT2D eigenvalue weighted by molar-refractivity contribution is -0.116. The maximum atomic E-state index is 15.1. The molecule has 0 fully saturated rings. The average molecular weight is 367 g/mol. The molecule has 0 saturated carbocycles. The maximum Gasteiger partial charge on any atom is 0.296 e. The summed E-state index contributed by atoms with van der Waals surface area (Å²) in [6, 6.07) is 1.09. The van der Waals surface area contributed by atoms with E-state index < -0.39 is 11.7 Å². The number of carbonyl (C=O) groups excluding carboxylic acids is 2. The molecule has 0 unspecified atom stereocenters. The standard InChI is InChI=1S/C21H22FN3O2/c1-4-6-17(26)25-14-8-5-7-13(9-14)19-16(22)10-15(21(23)27)20-18(19)11(2)12(3)24-20/h7,10,14,24H,5,8-9H2,1-3H3,(H2,23,27)(H,25,26)/t14-/m0/s1. The van der Waals surface area contributed by atoms with Crippen LogP contribution in [-0.4, -0.2) is 22.8 Å². The largest absolute Gasteiger partial charge is 0.366 e. The van der Waals surface area contributed by atoms with E-state index in [9.17, 15) is 9.59 Å². The maximum absolute atomic E-state index is 15.1. The third-order valence-corrected chi connectivity index (χ3v) is 5.06. The second-order valence-corrected chi connectivity index (χ2v) is 6.83. The first kappa shape index (κ1) is 18.7. The molecule has 140 valence electrons. The number of halogens is 1. The summed E-state index contributed by atoms with van der Waals surface area (Å²) in [6.45, 7) is 5.38. The van der Waals surface area contributed by atoms with E-state index in [0.717, 1.165) is 29.7 Å². The van der Waals surface area contributed by atoms with Crippen LogP contribution in [0.3, 0.4) is 0 Å². The molecule has 3 rings (SSSR count). The van der Waals surface area contributed by atoms with Gasteiger partial charge >= 0.3 is 0 Å². The minimum Gasteiger partial charge on any atom is -0.366 e. The zero-order chi connectivity index (χ0) is 19.7. The number of aromatic amines is 1. The highest BCUT2D eigenvalue weighted by Crippen LogP contribution is 2.37. The number of primary amides is 1.